The molecule has 2 rings (SSSR count). The van der Waals surface area contributed by atoms with E-state index in [1.165, 1.54) is 0 Å². The number of hydrogen-bond acceptors (Lipinski definition) is 4. The Kier molecular flexibility index (Phi) is 3.67. The molecule has 3 N–H and O–H groups in total. The predicted molar refractivity (Wildman–Crippen MR) is 77.4 cm³/mol. The average Bonchev–Trinajstić information content (AvgIpc) is 2.74. The van der Waals surface area contributed by atoms with Crippen molar-refractivity contribution < 1.29 is 9.53 Å². The molecule has 1 amide bonds. The highest BCUT2D eigenvalue weighted by Crippen LogP contribution is 2.33. The molecule has 20 heavy (non-hydrogen) atoms. The maximum atomic E-state index is 12.2. The number of carbonyl (C=O) groups excluding carboxylic acids is 1. The van der Waals surface area contributed by atoms with E-state index in [1.54, 1.807) is 4.90 Å². The van der Waals surface area contributed by atoms with Crippen molar-refractivity contribution in [1.29, 1.82) is 0 Å². The summed E-state index contributed by atoms with van der Waals surface area (Å²) in [5.41, 5.74) is 5.96. The van der Waals surface area contributed by atoms with Crippen molar-refractivity contribution >= 4 is 11.9 Å². The monoisotopic (exact) mass is 280 g/mol. The standard InChI is InChI=1S/C14H24N4O2/c1-13(2,3)20-12(19)18-7-5-6-14(4,9-18)10-8-11(15)17-16-10/h8H,5-7,9H2,1-4H3,(H3,15,16,17). The summed E-state index contributed by atoms with van der Waals surface area (Å²) in [6, 6.07) is 1.85. The van der Waals surface area contributed by atoms with Gasteiger partial charge in [0.05, 0.1) is 5.69 Å². The molecule has 0 aliphatic carbocycles. The first-order valence-corrected chi connectivity index (χ1v) is 6.99. The van der Waals surface area contributed by atoms with Crippen LogP contribution in [-0.2, 0) is 10.2 Å². The van der Waals surface area contributed by atoms with Crippen LogP contribution in [0.5, 0.6) is 0 Å². The Bertz CT molecular complexity index is 492. The number of rotatable bonds is 1. The normalized spacial score (nSPS) is 23.7. The lowest BCUT2D eigenvalue weighted by Crippen LogP contribution is -2.48. The number of anilines is 1. The molecule has 1 atom stereocenters. The summed E-state index contributed by atoms with van der Waals surface area (Å²) in [5, 5.41) is 7.02. The SMILES string of the molecule is CC(C)(C)OC(=O)N1CCCC(C)(c2cc(N)[nH]n2)C1. The van der Waals surface area contributed by atoms with Crippen LogP contribution < -0.4 is 5.73 Å². The Labute approximate surface area is 119 Å². The second-order valence-electron chi connectivity index (χ2n) is 6.77. The van der Waals surface area contributed by atoms with E-state index in [1.807, 2.05) is 26.8 Å². The van der Waals surface area contributed by atoms with Crippen LogP contribution in [0.1, 0.15) is 46.2 Å². The number of nitrogens with two attached hydrogens (primary N) is 1. The predicted octanol–water partition coefficient (Wildman–Crippen LogP) is 2.28. The second kappa shape index (κ2) is 5.00. The maximum Gasteiger partial charge on any atom is 0.410 e. The third-order valence-corrected chi connectivity index (χ3v) is 3.56. The Morgan fingerprint density at radius 3 is 2.80 bits per heavy atom. The Morgan fingerprint density at radius 2 is 2.25 bits per heavy atom. The summed E-state index contributed by atoms with van der Waals surface area (Å²) in [5.74, 6) is 0.551. The fraction of sp³-hybridized carbons (Fsp3) is 0.714. The summed E-state index contributed by atoms with van der Waals surface area (Å²) < 4.78 is 5.45. The van der Waals surface area contributed by atoms with Gasteiger partial charge in [0.15, 0.2) is 0 Å². The lowest BCUT2D eigenvalue weighted by molar-refractivity contribution is 0.0143. The van der Waals surface area contributed by atoms with Gasteiger partial charge in [-0.05, 0) is 33.6 Å². The number of carbonyl (C=O) groups is 1. The molecule has 1 aromatic heterocycles. The molecule has 1 unspecified atom stereocenters. The first kappa shape index (κ1) is 14.7. The van der Waals surface area contributed by atoms with Gasteiger partial charge in [0, 0.05) is 24.6 Å². The van der Waals surface area contributed by atoms with Crippen molar-refractivity contribution in [3.8, 4) is 0 Å². The van der Waals surface area contributed by atoms with Crippen LogP contribution in [0.15, 0.2) is 6.07 Å². The number of amides is 1. The lowest BCUT2D eigenvalue weighted by atomic mass is 9.79. The summed E-state index contributed by atoms with van der Waals surface area (Å²) in [6.07, 6.45) is 1.66. The summed E-state index contributed by atoms with van der Waals surface area (Å²) in [6.45, 7) is 9.07. The molecular formula is C14H24N4O2. The molecule has 1 saturated heterocycles. The minimum atomic E-state index is -0.471. The van der Waals surface area contributed by atoms with Gasteiger partial charge in [-0.2, -0.15) is 5.10 Å². The van der Waals surface area contributed by atoms with E-state index >= 15 is 0 Å². The molecule has 0 spiro atoms. The maximum absolute atomic E-state index is 12.2. The highest BCUT2D eigenvalue weighted by molar-refractivity contribution is 5.68. The smallest absolute Gasteiger partial charge is 0.410 e. The zero-order valence-electron chi connectivity index (χ0n) is 12.7. The van der Waals surface area contributed by atoms with Crippen LogP contribution >= 0.6 is 0 Å². The minimum Gasteiger partial charge on any atom is -0.444 e. The van der Waals surface area contributed by atoms with Gasteiger partial charge in [-0.15, -0.1) is 0 Å². The van der Waals surface area contributed by atoms with E-state index in [4.69, 9.17) is 10.5 Å². The number of piperidine rings is 1. The van der Waals surface area contributed by atoms with Gasteiger partial charge in [0.25, 0.3) is 0 Å². The molecule has 0 saturated carbocycles. The molecule has 6 heteroatoms. The number of likely N-dealkylation sites (tertiary alicyclic amines) is 1. The number of nitrogens with one attached hydrogen (secondary N) is 1. The van der Waals surface area contributed by atoms with Gasteiger partial charge in [-0.1, -0.05) is 6.92 Å². The fourth-order valence-electron chi connectivity index (χ4n) is 2.58. The van der Waals surface area contributed by atoms with Crippen molar-refractivity contribution in [3.63, 3.8) is 0 Å². The second-order valence-corrected chi connectivity index (χ2v) is 6.77. The highest BCUT2D eigenvalue weighted by Gasteiger charge is 2.37. The van der Waals surface area contributed by atoms with E-state index in [2.05, 4.69) is 17.1 Å². The Hall–Kier alpha value is -1.72. The van der Waals surface area contributed by atoms with Crippen LogP contribution in [0.25, 0.3) is 0 Å². The number of ether oxygens (including phenoxy) is 1. The Morgan fingerprint density at radius 1 is 1.55 bits per heavy atom. The van der Waals surface area contributed by atoms with E-state index in [0.29, 0.717) is 12.4 Å². The molecule has 1 aromatic rings. The number of H-pyrrole nitrogens is 1. The lowest BCUT2D eigenvalue weighted by Gasteiger charge is -2.39. The van der Waals surface area contributed by atoms with Crippen molar-refractivity contribution in [2.75, 3.05) is 18.8 Å². The molecule has 0 radical (unpaired) electrons. The number of aromatic nitrogens is 2. The summed E-state index contributed by atoms with van der Waals surface area (Å²) >= 11 is 0. The van der Waals surface area contributed by atoms with Crippen molar-refractivity contribution in [3.05, 3.63) is 11.8 Å². The van der Waals surface area contributed by atoms with E-state index in [-0.39, 0.29) is 11.5 Å². The summed E-state index contributed by atoms with van der Waals surface area (Å²) in [4.78, 5) is 14.0. The van der Waals surface area contributed by atoms with Crippen LogP contribution in [0.2, 0.25) is 0 Å². The molecule has 0 aromatic carbocycles. The zero-order chi connectivity index (χ0) is 15.0. The molecule has 1 aliphatic rings. The Balaban J connectivity index is 2.10. The average molecular weight is 280 g/mol. The summed E-state index contributed by atoms with van der Waals surface area (Å²) in [7, 11) is 0. The van der Waals surface area contributed by atoms with E-state index < -0.39 is 5.60 Å². The fourth-order valence-corrected chi connectivity index (χ4v) is 2.58. The van der Waals surface area contributed by atoms with Gasteiger partial charge >= 0.3 is 6.09 Å². The first-order valence-electron chi connectivity index (χ1n) is 6.99. The highest BCUT2D eigenvalue weighted by atomic mass is 16.6. The van der Waals surface area contributed by atoms with Crippen molar-refractivity contribution in [1.82, 2.24) is 15.1 Å². The molecule has 0 bridgehead atoms. The number of hydrogen-bond donors (Lipinski definition) is 2. The molecule has 112 valence electrons. The molecular weight excluding hydrogens is 256 g/mol. The first-order chi connectivity index (χ1) is 9.20. The topological polar surface area (TPSA) is 84.2 Å². The van der Waals surface area contributed by atoms with E-state index in [9.17, 15) is 4.79 Å². The van der Waals surface area contributed by atoms with Gasteiger partial charge in [-0.25, -0.2) is 4.79 Å². The van der Waals surface area contributed by atoms with Gasteiger partial charge < -0.3 is 15.4 Å². The van der Waals surface area contributed by atoms with Gasteiger partial charge in [-0.3, -0.25) is 5.10 Å². The van der Waals surface area contributed by atoms with Crippen molar-refractivity contribution in [2.24, 2.45) is 0 Å². The molecule has 6 nitrogen and oxygen atoms in total. The van der Waals surface area contributed by atoms with Crippen molar-refractivity contribution in [2.45, 2.75) is 51.6 Å². The minimum absolute atomic E-state index is 0.177. The molecule has 2 heterocycles. The number of nitrogens with zero attached hydrogens (tertiary/aromatic N) is 2. The zero-order valence-corrected chi connectivity index (χ0v) is 12.7. The third kappa shape index (κ3) is 3.23. The van der Waals surface area contributed by atoms with Crippen LogP contribution in [0.4, 0.5) is 10.6 Å². The van der Waals surface area contributed by atoms with Gasteiger partial charge in [0.2, 0.25) is 0 Å². The number of nitrogen functional groups attached to an aromatic ring is 1. The van der Waals surface area contributed by atoms with Gasteiger partial charge in [0.1, 0.15) is 11.4 Å². The molecule has 1 aliphatic heterocycles. The third-order valence-electron chi connectivity index (χ3n) is 3.56. The van der Waals surface area contributed by atoms with Crippen LogP contribution in [0.3, 0.4) is 0 Å². The molecule has 1 fully saturated rings. The quantitative estimate of drug-likeness (QED) is 0.826. The van der Waals surface area contributed by atoms with E-state index in [0.717, 1.165) is 25.1 Å². The van der Waals surface area contributed by atoms with Crippen LogP contribution in [0, 0.1) is 0 Å². The largest absolute Gasteiger partial charge is 0.444 e. The number of aromatic amines is 1. The van der Waals surface area contributed by atoms with Crippen LogP contribution in [-0.4, -0.2) is 39.9 Å².